The smallest absolute Gasteiger partial charge is 0.128 e. The minimum Gasteiger partial charge on any atom is -0.229 e. The molecule has 5 heteroatoms. The number of aryl methyl sites for hydroxylation is 2. The number of nitriles is 1. The molecule has 1 aromatic carbocycles. The summed E-state index contributed by atoms with van der Waals surface area (Å²) in [5.41, 5.74) is 3.72. The number of benzene rings is 1. The lowest BCUT2D eigenvalue weighted by Crippen LogP contribution is -1.88. The summed E-state index contributed by atoms with van der Waals surface area (Å²) >= 11 is 3.44. The predicted octanol–water partition coefficient (Wildman–Crippen LogP) is 5.37. The van der Waals surface area contributed by atoms with Gasteiger partial charge in [0.2, 0.25) is 0 Å². The van der Waals surface area contributed by atoms with Gasteiger partial charge in [-0.05, 0) is 25.8 Å². The highest BCUT2D eigenvalue weighted by Crippen LogP contribution is 2.41. The SMILES string of the molecule is Cc1ccc(-c2c(C)sc3ncnc(SCCCC#N)c23)cc1. The number of thioether (sulfide) groups is 1. The fourth-order valence-electron chi connectivity index (χ4n) is 2.51. The van der Waals surface area contributed by atoms with Gasteiger partial charge >= 0.3 is 0 Å². The molecule has 0 amide bonds. The average molecular weight is 339 g/mol. The third-order valence-electron chi connectivity index (χ3n) is 3.64. The summed E-state index contributed by atoms with van der Waals surface area (Å²) in [7, 11) is 0. The number of aromatic nitrogens is 2. The van der Waals surface area contributed by atoms with Crippen molar-refractivity contribution in [2.45, 2.75) is 31.7 Å². The van der Waals surface area contributed by atoms with Crippen LogP contribution in [-0.2, 0) is 0 Å². The summed E-state index contributed by atoms with van der Waals surface area (Å²) in [4.78, 5) is 11.3. The van der Waals surface area contributed by atoms with Crippen molar-refractivity contribution in [1.82, 2.24) is 9.97 Å². The average Bonchev–Trinajstić information content (AvgIpc) is 2.89. The van der Waals surface area contributed by atoms with Crippen LogP contribution in [0.1, 0.15) is 23.3 Å². The molecule has 0 radical (unpaired) electrons. The Labute approximate surface area is 144 Å². The van der Waals surface area contributed by atoms with Crippen molar-refractivity contribution in [3.05, 3.63) is 41.0 Å². The Hall–Kier alpha value is -1.90. The van der Waals surface area contributed by atoms with Crippen LogP contribution in [0.3, 0.4) is 0 Å². The van der Waals surface area contributed by atoms with E-state index in [0.717, 1.165) is 27.4 Å². The molecule has 0 atom stereocenters. The Kier molecular flexibility index (Phi) is 4.94. The summed E-state index contributed by atoms with van der Waals surface area (Å²) in [5.74, 6) is 0.905. The van der Waals surface area contributed by atoms with Crippen molar-refractivity contribution in [2.75, 3.05) is 5.75 Å². The van der Waals surface area contributed by atoms with E-state index in [1.165, 1.54) is 21.6 Å². The maximum absolute atomic E-state index is 8.67. The molecule has 3 nitrogen and oxygen atoms in total. The number of fused-ring (bicyclic) bond motifs is 1. The maximum Gasteiger partial charge on any atom is 0.128 e. The lowest BCUT2D eigenvalue weighted by Gasteiger charge is -2.06. The van der Waals surface area contributed by atoms with Gasteiger partial charge in [0, 0.05) is 22.6 Å². The van der Waals surface area contributed by atoms with E-state index in [1.807, 2.05) is 0 Å². The number of thiophene rings is 1. The van der Waals surface area contributed by atoms with Crippen LogP contribution >= 0.6 is 23.1 Å². The highest BCUT2D eigenvalue weighted by atomic mass is 32.2. The van der Waals surface area contributed by atoms with Gasteiger partial charge in [0.25, 0.3) is 0 Å². The van der Waals surface area contributed by atoms with Crippen LogP contribution in [0, 0.1) is 25.2 Å². The van der Waals surface area contributed by atoms with Gasteiger partial charge in [-0.1, -0.05) is 29.8 Å². The Morgan fingerprint density at radius 1 is 1.17 bits per heavy atom. The molecule has 0 aliphatic rings. The fraction of sp³-hybridized carbons (Fsp3) is 0.278. The van der Waals surface area contributed by atoms with Crippen LogP contribution in [-0.4, -0.2) is 15.7 Å². The Balaban J connectivity index is 2.05. The normalized spacial score (nSPS) is 10.8. The molecule has 0 saturated heterocycles. The van der Waals surface area contributed by atoms with Crippen molar-refractivity contribution in [2.24, 2.45) is 0 Å². The van der Waals surface area contributed by atoms with Crippen molar-refractivity contribution < 1.29 is 0 Å². The second-order valence-corrected chi connectivity index (χ2v) is 7.66. The molecule has 0 saturated carbocycles. The van der Waals surface area contributed by atoms with E-state index < -0.39 is 0 Å². The first-order valence-corrected chi connectivity index (χ1v) is 9.32. The Morgan fingerprint density at radius 2 is 1.96 bits per heavy atom. The highest BCUT2D eigenvalue weighted by molar-refractivity contribution is 7.99. The third kappa shape index (κ3) is 3.39. The number of hydrogen-bond donors (Lipinski definition) is 0. The van der Waals surface area contributed by atoms with Gasteiger partial charge < -0.3 is 0 Å². The van der Waals surface area contributed by atoms with Gasteiger partial charge in [0.15, 0.2) is 0 Å². The van der Waals surface area contributed by atoms with Crippen LogP contribution in [0.25, 0.3) is 21.3 Å². The minimum absolute atomic E-state index is 0.592. The van der Waals surface area contributed by atoms with Crippen LogP contribution in [0.4, 0.5) is 0 Å². The standard InChI is InChI=1S/C18H17N3S2/c1-12-5-7-14(8-6-12)15-13(2)23-18-16(15)17(20-11-21-18)22-10-4-3-9-19/h5-8,11H,3-4,10H2,1-2H3. The van der Waals surface area contributed by atoms with E-state index in [1.54, 1.807) is 29.4 Å². The monoisotopic (exact) mass is 339 g/mol. The fourth-order valence-corrected chi connectivity index (χ4v) is 4.54. The van der Waals surface area contributed by atoms with E-state index >= 15 is 0 Å². The van der Waals surface area contributed by atoms with Crippen LogP contribution in [0.5, 0.6) is 0 Å². The molecule has 2 heterocycles. The van der Waals surface area contributed by atoms with E-state index in [9.17, 15) is 0 Å². The molecule has 0 spiro atoms. The summed E-state index contributed by atoms with van der Waals surface area (Å²) < 4.78 is 0. The Bertz CT molecular complexity index is 860. The molecule has 0 unspecified atom stereocenters. The topological polar surface area (TPSA) is 49.6 Å². The molecule has 3 rings (SSSR count). The van der Waals surface area contributed by atoms with Crippen LogP contribution in [0.15, 0.2) is 35.6 Å². The number of hydrogen-bond acceptors (Lipinski definition) is 5. The highest BCUT2D eigenvalue weighted by Gasteiger charge is 2.16. The quantitative estimate of drug-likeness (QED) is 0.356. The summed E-state index contributed by atoms with van der Waals surface area (Å²) in [5, 5.41) is 10.8. The van der Waals surface area contributed by atoms with E-state index in [-0.39, 0.29) is 0 Å². The number of unbranched alkanes of at least 4 members (excludes halogenated alkanes) is 1. The summed E-state index contributed by atoms with van der Waals surface area (Å²) in [6, 6.07) is 10.8. The molecule has 0 aliphatic heterocycles. The van der Waals surface area contributed by atoms with Crippen molar-refractivity contribution in [3.63, 3.8) is 0 Å². The lowest BCUT2D eigenvalue weighted by molar-refractivity contribution is 0.977. The zero-order chi connectivity index (χ0) is 16.2. The molecule has 0 N–H and O–H groups in total. The Morgan fingerprint density at radius 3 is 2.70 bits per heavy atom. The molecule has 3 aromatic rings. The molecule has 23 heavy (non-hydrogen) atoms. The first-order chi connectivity index (χ1) is 11.2. The molecular weight excluding hydrogens is 322 g/mol. The van der Waals surface area contributed by atoms with Gasteiger partial charge in [-0.15, -0.1) is 23.1 Å². The number of rotatable bonds is 5. The second kappa shape index (κ2) is 7.12. The van der Waals surface area contributed by atoms with Crippen molar-refractivity contribution >= 4 is 33.3 Å². The van der Waals surface area contributed by atoms with Crippen molar-refractivity contribution in [3.8, 4) is 17.2 Å². The molecular formula is C18H17N3S2. The molecule has 2 aromatic heterocycles. The third-order valence-corrected chi connectivity index (χ3v) is 5.73. The zero-order valence-corrected chi connectivity index (χ0v) is 14.8. The largest absolute Gasteiger partial charge is 0.229 e. The first-order valence-electron chi connectivity index (χ1n) is 7.51. The lowest BCUT2D eigenvalue weighted by atomic mass is 10.0. The summed E-state index contributed by atoms with van der Waals surface area (Å²) in [6.45, 7) is 4.24. The summed E-state index contributed by atoms with van der Waals surface area (Å²) in [6.07, 6.45) is 3.12. The predicted molar refractivity (Wildman–Crippen MR) is 97.9 cm³/mol. The zero-order valence-electron chi connectivity index (χ0n) is 13.2. The van der Waals surface area contributed by atoms with E-state index in [2.05, 4.69) is 54.2 Å². The van der Waals surface area contributed by atoms with Gasteiger partial charge in [-0.3, -0.25) is 0 Å². The van der Waals surface area contributed by atoms with Crippen LogP contribution < -0.4 is 0 Å². The van der Waals surface area contributed by atoms with Gasteiger partial charge in [0.1, 0.15) is 16.2 Å². The maximum atomic E-state index is 8.67. The van der Waals surface area contributed by atoms with Gasteiger partial charge in [-0.2, -0.15) is 5.26 Å². The minimum atomic E-state index is 0.592. The van der Waals surface area contributed by atoms with Crippen LogP contribution in [0.2, 0.25) is 0 Å². The van der Waals surface area contributed by atoms with E-state index in [4.69, 9.17) is 5.26 Å². The molecule has 0 bridgehead atoms. The van der Waals surface area contributed by atoms with Gasteiger partial charge in [-0.25, -0.2) is 9.97 Å². The molecule has 0 fully saturated rings. The molecule has 116 valence electrons. The second-order valence-electron chi connectivity index (χ2n) is 5.37. The van der Waals surface area contributed by atoms with E-state index in [0.29, 0.717) is 6.42 Å². The van der Waals surface area contributed by atoms with Crippen molar-refractivity contribution in [1.29, 1.82) is 5.26 Å². The molecule has 0 aliphatic carbocycles. The van der Waals surface area contributed by atoms with Gasteiger partial charge in [0.05, 0.1) is 11.5 Å². The number of nitrogens with zero attached hydrogens (tertiary/aromatic N) is 3. The first kappa shape index (κ1) is 16.0.